The first-order valence-electron chi connectivity index (χ1n) is 7.22. The lowest BCUT2D eigenvalue weighted by molar-refractivity contribution is 0.0865. The van der Waals surface area contributed by atoms with Crippen LogP contribution in [0.15, 0.2) is 24.3 Å². The Hall–Kier alpha value is -1.15. The first kappa shape index (κ1) is 11.9. The average molecular weight is 243 g/mol. The first-order chi connectivity index (χ1) is 8.86. The molecule has 1 aromatic carbocycles. The molecule has 1 aliphatic carbocycles. The molecule has 2 heteroatoms. The Labute approximate surface area is 109 Å². The summed E-state index contributed by atoms with van der Waals surface area (Å²) >= 11 is 0. The largest absolute Gasteiger partial charge is 0.313 e. The molecule has 0 amide bonds. The van der Waals surface area contributed by atoms with Gasteiger partial charge in [-0.05, 0) is 37.8 Å². The van der Waals surface area contributed by atoms with E-state index in [9.17, 15) is 4.79 Å². The summed E-state index contributed by atoms with van der Waals surface area (Å²) in [5.41, 5.74) is 2.21. The van der Waals surface area contributed by atoms with Crippen molar-refractivity contribution in [1.29, 1.82) is 0 Å². The van der Waals surface area contributed by atoms with E-state index in [1.54, 1.807) is 0 Å². The van der Waals surface area contributed by atoms with Gasteiger partial charge in [-0.1, -0.05) is 37.1 Å². The lowest BCUT2D eigenvalue weighted by Gasteiger charge is -2.30. The number of hydrogen-bond donors (Lipinski definition) is 1. The second kappa shape index (κ2) is 5.23. The maximum Gasteiger partial charge on any atom is 0.167 e. The summed E-state index contributed by atoms with van der Waals surface area (Å²) in [5.74, 6) is 0.578. The van der Waals surface area contributed by atoms with Crippen molar-refractivity contribution in [2.45, 2.75) is 44.6 Å². The van der Waals surface area contributed by atoms with Crippen molar-refractivity contribution >= 4 is 5.78 Å². The van der Waals surface area contributed by atoms with Gasteiger partial charge in [0.1, 0.15) is 0 Å². The molecule has 2 atom stereocenters. The minimum Gasteiger partial charge on any atom is -0.313 e. The number of carbonyl (C=O) groups is 1. The van der Waals surface area contributed by atoms with Crippen molar-refractivity contribution in [2.24, 2.45) is 5.92 Å². The summed E-state index contributed by atoms with van der Waals surface area (Å²) in [6.45, 7) is 1.08. The molecule has 0 bridgehead atoms. The van der Waals surface area contributed by atoms with Crippen LogP contribution in [0.4, 0.5) is 0 Å². The van der Waals surface area contributed by atoms with Crippen LogP contribution in [-0.2, 0) is 6.42 Å². The molecule has 3 rings (SSSR count). The van der Waals surface area contributed by atoms with Gasteiger partial charge in [0, 0.05) is 17.5 Å². The maximum atomic E-state index is 12.6. The van der Waals surface area contributed by atoms with E-state index in [4.69, 9.17) is 0 Å². The van der Waals surface area contributed by atoms with Crippen molar-refractivity contribution in [1.82, 2.24) is 5.32 Å². The standard InChI is InChI=1S/C16H21NO/c18-16-13-7-4-3-6-12(13)9-10-14(16)15-8-2-1-5-11-17-15/h3-4,6-7,14-15,17H,1-2,5,8-11H2. The second-order valence-corrected chi connectivity index (χ2v) is 5.58. The molecule has 0 spiro atoms. The van der Waals surface area contributed by atoms with Crippen LogP contribution in [0.3, 0.4) is 0 Å². The third-order valence-corrected chi connectivity index (χ3v) is 4.43. The van der Waals surface area contributed by atoms with E-state index >= 15 is 0 Å². The predicted octanol–water partition coefficient (Wildman–Crippen LogP) is 2.96. The van der Waals surface area contributed by atoms with Crippen LogP contribution in [0.5, 0.6) is 0 Å². The number of carbonyl (C=O) groups excluding carboxylic acids is 1. The van der Waals surface area contributed by atoms with Crippen molar-refractivity contribution < 1.29 is 4.79 Å². The Morgan fingerprint density at radius 3 is 2.89 bits per heavy atom. The van der Waals surface area contributed by atoms with Crippen LogP contribution < -0.4 is 5.32 Å². The van der Waals surface area contributed by atoms with E-state index in [0.29, 0.717) is 11.8 Å². The zero-order valence-electron chi connectivity index (χ0n) is 10.8. The quantitative estimate of drug-likeness (QED) is 0.821. The van der Waals surface area contributed by atoms with Gasteiger partial charge in [0.25, 0.3) is 0 Å². The Bertz CT molecular complexity index is 432. The van der Waals surface area contributed by atoms with E-state index in [1.807, 2.05) is 18.2 Å². The maximum absolute atomic E-state index is 12.6. The number of nitrogens with one attached hydrogen (secondary N) is 1. The molecule has 1 fully saturated rings. The van der Waals surface area contributed by atoms with Crippen LogP contribution in [0, 0.1) is 5.92 Å². The van der Waals surface area contributed by atoms with Crippen LogP contribution in [0.2, 0.25) is 0 Å². The molecule has 18 heavy (non-hydrogen) atoms. The van der Waals surface area contributed by atoms with E-state index in [0.717, 1.165) is 24.9 Å². The fraction of sp³-hybridized carbons (Fsp3) is 0.562. The summed E-state index contributed by atoms with van der Waals surface area (Å²) in [6, 6.07) is 8.54. The second-order valence-electron chi connectivity index (χ2n) is 5.58. The first-order valence-corrected chi connectivity index (χ1v) is 7.22. The van der Waals surface area contributed by atoms with Crippen LogP contribution in [0.1, 0.15) is 48.0 Å². The average Bonchev–Trinajstić information content (AvgIpc) is 2.68. The number of ketones is 1. The summed E-state index contributed by atoms with van der Waals surface area (Å²) in [5, 5.41) is 3.59. The van der Waals surface area contributed by atoms with E-state index in [-0.39, 0.29) is 5.92 Å². The number of hydrogen-bond acceptors (Lipinski definition) is 2. The minimum atomic E-state index is 0.206. The molecule has 2 nitrogen and oxygen atoms in total. The molecule has 1 aliphatic heterocycles. The zero-order valence-corrected chi connectivity index (χ0v) is 10.8. The van der Waals surface area contributed by atoms with Gasteiger partial charge < -0.3 is 5.32 Å². The number of Topliss-reactive ketones (excluding diaryl/α,β-unsaturated/α-hetero) is 1. The Kier molecular flexibility index (Phi) is 3.46. The Balaban J connectivity index is 1.81. The number of benzene rings is 1. The monoisotopic (exact) mass is 243 g/mol. The number of rotatable bonds is 1. The van der Waals surface area contributed by atoms with Crippen LogP contribution >= 0.6 is 0 Å². The van der Waals surface area contributed by atoms with Gasteiger partial charge in [0.15, 0.2) is 5.78 Å². The Morgan fingerprint density at radius 1 is 1.06 bits per heavy atom. The smallest absolute Gasteiger partial charge is 0.167 e. The van der Waals surface area contributed by atoms with E-state index in [1.165, 1.54) is 31.2 Å². The van der Waals surface area contributed by atoms with Crippen LogP contribution in [-0.4, -0.2) is 18.4 Å². The summed E-state index contributed by atoms with van der Waals surface area (Å²) in [7, 11) is 0. The fourth-order valence-corrected chi connectivity index (χ4v) is 3.40. The molecule has 0 saturated carbocycles. The SMILES string of the molecule is O=C1c2ccccc2CCC1C1CCCCCN1. The highest BCUT2D eigenvalue weighted by molar-refractivity contribution is 6.00. The van der Waals surface area contributed by atoms with Crippen molar-refractivity contribution in [3.05, 3.63) is 35.4 Å². The summed E-state index contributed by atoms with van der Waals surface area (Å²) in [6.07, 6.45) is 7.08. The lowest BCUT2D eigenvalue weighted by Crippen LogP contribution is -2.41. The van der Waals surface area contributed by atoms with E-state index in [2.05, 4.69) is 11.4 Å². The highest BCUT2D eigenvalue weighted by Crippen LogP contribution is 2.30. The Morgan fingerprint density at radius 2 is 1.94 bits per heavy atom. The van der Waals surface area contributed by atoms with Gasteiger partial charge in [-0.3, -0.25) is 4.79 Å². The minimum absolute atomic E-state index is 0.206. The molecule has 96 valence electrons. The summed E-state index contributed by atoms with van der Waals surface area (Å²) in [4.78, 5) is 12.6. The molecule has 0 radical (unpaired) electrons. The third-order valence-electron chi connectivity index (χ3n) is 4.43. The van der Waals surface area contributed by atoms with Gasteiger partial charge >= 0.3 is 0 Å². The highest BCUT2D eigenvalue weighted by Gasteiger charge is 2.33. The predicted molar refractivity (Wildman–Crippen MR) is 72.8 cm³/mol. The molecule has 1 saturated heterocycles. The van der Waals surface area contributed by atoms with Crippen molar-refractivity contribution in [3.8, 4) is 0 Å². The number of fused-ring (bicyclic) bond motifs is 1. The van der Waals surface area contributed by atoms with Gasteiger partial charge in [0.05, 0.1) is 0 Å². The van der Waals surface area contributed by atoms with Gasteiger partial charge in [0.2, 0.25) is 0 Å². The van der Waals surface area contributed by atoms with E-state index < -0.39 is 0 Å². The normalized spacial score (nSPS) is 28.6. The number of aryl methyl sites for hydroxylation is 1. The van der Waals surface area contributed by atoms with Crippen molar-refractivity contribution in [3.63, 3.8) is 0 Å². The molecule has 1 aromatic rings. The molecular formula is C16H21NO. The highest BCUT2D eigenvalue weighted by atomic mass is 16.1. The molecule has 1 heterocycles. The molecule has 0 aromatic heterocycles. The topological polar surface area (TPSA) is 29.1 Å². The fourth-order valence-electron chi connectivity index (χ4n) is 3.40. The van der Waals surface area contributed by atoms with Crippen LogP contribution in [0.25, 0.3) is 0 Å². The molecule has 1 N–H and O–H groups in total. The molecular weight excluding hydrogens is 222 g/mol. The van der Waals surface area contributed by atoms with Crippen molar-refractivity contribution in [2.75, 3.05) is 6.54 Å². The zero-order chi connectivity index (χ0) is 12.4. The molecule has 2 unspecified atom stereocenters. The van der Waals surface area contributed by atoms with Gasteiger partial charge in [-0.2, -0.15) is 0 Å². The summed E-state index contributed by atoms with van der Waals surface area (Å²) < 4.78 is 0. The van der Waals surface area contributed by atoms with Gasteiger partial charge in [-0.25, -0.2) is 0 Å². The third kappa shape index (κ3) is 2.22. The van der Waals surface area contributed by atoms with Gasteiger partial charge in [-0.15, -0.1) is 0 Å². The lowest BCUT2D eigenvalue weighted by atomic mass is 9.78. The molecule has 2 aliphatic rings.